The van der Waals surface area contributed by atoms with E-state index in [2.05, 4.69) is 31.9 Å². The number of hydrogen-bond donors (Lipinski definition) is 0. The van der Waals surface area contributed by atoms with Crippen molar-refractivity contribution in [2.45, 2.75) is 0 Å². The van der Waals surface area contributed by atoms with E-state index in [9.17, 15) is 4.79 Å². The Morgan fingerprint density at radius 1 is 1.54 bits per heavy atom. The van der Waals surface area contributed by atoms with Crippen LogP contribution in [0.2, 0.25) is 0 Å². The fraction of sp³-hybridized carbons (Fsp3) is 0.375. The van der Waals surface area contributed by atoms with Gasteiger partial charge in [-0.05, 0) is 46.0 Å². The van der Waals surface area contributed by atoms with Crippen LogP contribution in [0.25, 0.3) is 0 Å². The standard InChI is InChI=1S/C8H9Br2NOS/c1-11(2)3-6(12)8-7(10)5(9)4-13-8/h4H,3H2,1-2H3. The Labute approximate surface area is 98.2 Å². The number of Topliss-reactive ketones (excluding diaryl/α,β-unsaturated/α-hetero) is 1. The summed E-state index contributed by atoms with van der Waals surface area (Å²) in [7, 11) is 3.77. The van der Waals surface area contributed by atoms with Crippen LogP contribution < -0.4 is 0 Å². The van der Waals surface area contributed by atoms with Gasteiger partial charge in [0.25, 0.3) is 0 Å². The lowest BCUT2D eigenvalue weighted by molar-refractivity contribution is 0.0961. The van der Waals surface area contributed by atoms with Gasteiger partial charge in [0.15, 0.2) is 5.78 Å². The molecule has 0 aliphatic heterocycles. The van der Waals surface area contributed by atoms with E-state index in [1.807, 2.05) is 24.4 Å². The molecular weight excluding hydrogens is 318 g/mol. The number of carbonyl (C=O) groups excluding carboxylic acids is 1. The average molecular weight is 327 g/mol. The van der Waals surface area contributed by atoms with Gasteiger partial charge in [0.1, 0.15) is 0 Å². The van der Waals surface area contributed by atoms with Crippen LogP contribution in [0.5, 0.6) is 0 Å². The van der Waals surface area contributed by atoms with Gasteiger partial charge in [0.05, 0.1) is 15.9 Å². The molecular formula is C8H9Br2NOS. The van der Waals surface area contributed by atoms with Crippen molar-refractivity contribution < 1.29 is 4.79 Å². The minimum absolute atomic E-state index is 0.146. The van der Waals surface area contributed by atoms with Gasteiger partial charge in [-0.3, -0.25) is 4.79 Å². The molecule has 0 saturated heterocycles. The Kier molecular flexibility index (Phi) is 4.09. The van der Waals surface area contributed by atoms with Crippen molar-refractivity contribution in [1.29, 1.82) is 0 Å². The predicted octanol–water partition coefficient (Wildman–Crippen LogP) is 3.02. The zero-order valence-electron chi connectivity index (χ0n) is 7.30. The van der Waals surface area contributed by atoms with Gasteiger partial charge < -0.3 is 4.90 Å². The number of ketones is 1. The summed E-state index contributed by atoms with van der Waals surface area (Å²) in [5, 5.41) is 1.91. The molecule has 0 amide bonds. The van der Waals surface area contributed by atoms with Gasteiger partial charge in [-0.2, -0.15) is 0 Å². The first-order valence-corrected chi connectivity index (χ1v) is 6.09. The lowest BCUT2D eigenvalue weighted by atomic mass is 10.3. The van der Waals surface area contributed by atoms with Crippen molar-refractivity contribution in [1.82, 2.24) is 4.90 Å². The molecule has 0 saturated carbocycles. The molecule has 2 nitrogen and oxygen atoms in total. The molecule has 0 aliphatic carbocycles. The molecule has 1 aromatic heterocycles. The number of halogens is 2. The fourth-order valence-electron chi connectivity index (χ4n) is 0.870. The van der Waals surface area contributed by atoms with E-state index in [0.29, 0.717) is 6.54 Å². The second-order valence-electron chi connectivity index (χ2n) is 2.89. The van der Waals surface area contributed by atoms with Crippen LogP contribution in [0.15, 0.2) is 14.3 Å². The minimum atomic E-state index is 0.146. The maximum absolute atomic E-state index is 11.6. The van der Waals surface area contributed by atoms with Crippen molar-refractivity contribution in [3.63, 3.8) is 0 Å². The average Bonchev–Trinajstić information content (AvgIpc) is 2.31. The molecule has 1 aromatic rings. The summed E-state index contributed by atoms with van der Waals surface area (Å²) in [6.45, 7) is 0.450. The highest BCUT2D eigenvalue weighted by molar-refractivity contribution is 9.13. The van der Waals surface area contributed by atoms with Crippen LogP contribution in [0.1, 0.15) is 9.67 Å². The molecule has 0 aromatic carbocycles. The lowest BCUT2D eigenvalue weighted by Gasteiger charge is -2.06. The van der Waals surface area contributed by atoms with Gasteiger partial charge in [0.2, 0.25) is 0 Å². The van der Waals surface area contributed by atoms with Crippen molar-refractivity contribution in [2.24, 2.45) is 0 Å². The van der Waals surface area contributed by atoms with E-state index in [1.54, 1.807) is 0 Å². The third-order valence-electron chi connectivity index (χ3n) is 1.40. The van der Waals surface area contributed by atoms with Crippen LogP contribution in [0.3, 0.4) is 0 Å². The Balaban J connectivity index is 2.83. The first-order chi connectivity index (χ1) is 6.02. The summed E-state index contributed by atoms with van der Waals surface area (Å²) in [6.07, 6.45) is 0. The maximum Gasteiger partial charge on any atom is 0.187 e. The largest absolute Gasteiger partial charge is 0.302 e. The molecule has 72 valence electrons. The van der Waals surface area contributed by atoms with Gasteiger partial charge in [-0.1, -0.05) is 0 Å². The third-order valence-corrected chi connectivity index (χ3v) is 4.97. The number of thiophene rings is 1. The normalized spacial score (nSPS) is 10.8. The van der Waals surface area contributed by atoms with E-state index in [0.717, 1.165) is 13.8 Å². The number of rotatable bonds is 3. The topological polar surface area (TPSA) is 20.3 Å². The van der Waals surface area contributed by atoms with Crippen LogP contribution >= 0.6 is 43.2 Å². The number of likely N-dealkylation sites (N-methyl/N-ethyl adjacent to an activating group) is 1. The highest BCUT2D eigenvalue weighted by atomic mass is 79.9. The zero-order valence-corrected chi connectivity index (χ0v) is 11.3. The monoisotopic (exact) mass is 325 g/mol. The van der Waals surface area contributed by atoms with Gasteiger partial charge in [-0.25, -0.2) is 0 Å². The number of hydrogen-bond acceptors (Lipinski definition) is 3. The molecule has 0 bridgehead atoms. The van der Waals surface area contributed by atoms with Gasteiger partial charge >= 0.3 is 0 Å². The molecule has 0 radical (unpaired) electrons. The van der Waals surface area contributed by atoms with Crippen LogP contribution in [-0.4, -0.2) is 31.3 Å². The maximum atomic E-state index is 11.6. The Morgan fingerprint density at radius 2 is 2.15 bits per heavy atom. The van der Waals surface area contributed by atoms with Crippen LogP contribution in [0.4, 0.5) is 0 Å². The summed E-state index contributed by atoms with van der Waals surface area (Å²) in [4.78, 5) is 14.2. The summed E-state index contributed by atoms with van der Waals surface area (Å²) in [6, 6.07) is 0. The summed E-state index contributed by atoms with van der Waals surface area (Å²) in [5.41, 5.74) is 0. The van der Waals surface area contributed by atoms with Crippen molar-refractivity contribution in [2.75, 3.05) is 20.6 Å². The second kappa shape index (κ2) is 4.68. The SMILES string of the molecule is CN(C)CC(=O)c1scc(Br)c1Br. The van der Waals surface area contributed by atoms with Crippen molar-refractivity contribution >= 4 is 49.0 Å². The zero-order chi connectivity index (χ0) is 10.0. The first-order valence-electron chi connectivity index (χ1n) is 3.62. The third kappa shape index (κ3) is 2.87. The van der Waals surface area contributed by atoms with Crippen molar-refractivity contribution in [3.8, 4) is 0 Å². The summed E-state index contributed by atoms with van der Waals surface area (Å²) >= 11 is 8.17. The molecule has 0 unspecified atom stereocenters. The van der Waals surface area contributed by atoms with Crippen LogP contribution in [-0.2, 0) is 0 Å². The highest BCUT2D eigenvalue weighted by Crippen LogP contribution is 2.32. The summed E-state index contributed by atoms with van der Waals surface area (Å²) < 4.78 is 1.81. The van der Waals surface area contributed by atoms with E-state index in [4.69, 9.17) is 0 Å². The Hall–Kier alpha value is 0.290. The van der Waals surface area contributed by atoms with Gasteiger partial charge in [0, 0.05) is 9.85 Å². The summed E-state index contributed by atoms with van der Waals surface area (Å²) in [5.74, 6) is 0.146. The molecule has 1 rings (SSSR count). The Morgan fingerprint density at radius 3 is 2.54 bits per heavy atom. The minimum Gasteiger partial charge on any atom is -0.302 e. The molecule has 5 heteroatoms. The fourth-order valence-corrected chi connectivity index (χ4v) is 3.00. The molecule has 0 atom stereocenters. The first kappa shape index (κ1) is 11.4. The molecule has 0 aliphatic rings. The number of nitrogens with zero attached hydrogens (tertiary/aromatic N) is 1. The highest BCUT2D eigenvalue weighted by Gasteiger charge is 2.14. The molecule has 1 heterocycles. The van der Waals surface area contributed by atoms with E-state index in [1.165, 1.54) is 11.3 Å². The van der Waals surface area contributed by atoms with E-state index < -0.39 is 0 Å². The van der Waals surface area contributed by atoms with Gasteiger partial charge in [-0.15, -0.1) is 11.3 Å². The Bertz CT molecular complexity index is 322. The predicted molar refractivity (Wildman–Crippen MR) is 62.6 cm³/mol. The molecule has 0 fully saturated rings. The van der Waals surface area contributed by atoms with Crippen LogP contribution in [0, 0.1) is 0 Å². The lowest BCUT2D eigenvalue weighted by Crippen LogP contribution is -2.21. The number of carbonyl (C=O) groups is 1. The van der Waals surface area contributed by atoms with Crippen molar-refractivity contribution in [3.05, 3.63) is 19.2 Å². The van der Waals surface area contributed by atoms with E-state index in [-0.39, 0.29) is 5.78 Å². The second-order valence-corrected chi connectivity index (χ2v) is 5.41. The molecule has 13 heavy (non-hydrogen) atoms. The molecule has 0 spiro atoms. The smallest absolute Gasteiger partial charge is 0.187 e. The quantitative estimate of drug-likeness (QED) is 0.796. The molecule has 0 N–H and O–H groups in total. The van der Waals surface area contributed by atoms with E-state index >= 15 is 0 Å².